The van der Waals surface area contributed by atoms with Crippen LogP contribution in [0.3, 0.4) is 0 Å². The number of ether oxygens (including phenoxy) is 1. The van der Waals surface area contributed by atoms with Crippen molar-refractivity contribution < 1.29 is 22.7 Å². The van der Waals surface area contributed by atoms with Crippen LogP contribution in [-0.2, 0) is 26.2 Å². The van der Waals surface area contributed by atoms with Crippen LogP contribution in [0, 0.1) is 0 Å². The van der Waals surface area contributed by atoms with Gasteiger partial charge in [-0.2, -0.15) is 0 Å². The molecule has 0 fully saturated rings. The lowest BCUT2D eigenvalue weighted by Crippen LogP contribution is -2.52. The number of amides is 2. The number of halogens is 1. The number of benzene rings is 3. The zero-order valence-corrected chi connectivity index (χ0v) is 23.2. The molecule has 0 saturated carbocycles. The first kappa shape index (κ1) is 29.0. The normalized spacial score (nSPS) is 11.9. The molecule has 0 heterocycles. The van der Waals surface area contributed by atoms with E-state index in [1.807, 2.05) is 37.3 Å². The van der Waals surface area contributed by atoms with Gasteiger partial charge in [0.1, 0.15) is 24.1 Å². The molecule has 1 N–H and O–H groups in total. The minimum Gasteiger partial charge on any atom is -0.457 e. The van der Waals surface area contributed by atoms with Crippen molar-refractivity contribution in [1.29, 1.82) is 0 Å². The summed E-state index contributed by atoms with van der Waals surface area (Å²) in [5, 5.41) is 3.32. The van der Waals surface area contributed by atoms with Crippen molar-refractivity contribution in [1.82, 2.24) is 10.2 Å². The predicted octanol–water partition coefficient (Wildman–Crippen LogP) is 4.84. The number of para-hydroxylation sites is 1. The molecular formula is C28H32ClN3O5S. The van der Waals surface area contributed by atoms with Crippen molar-refractivity contribution in [3.05, 3.63) is 89.4 Å². The van der Waals surface area contributed by atoms with Crippen molar-refractivity contribution >= 4 is 39.1 Å². The van der Waals surface area contributed by atoms with Crippen molar-refractivity contribution in [2.24, 2.45) is 0 Å². The first-order valence-electron chi connectivity index (χ1n) is 12.2. The van der Waals surface area contributed by atoms with Crippen molar-refractivity contribution in [3.63, 3.8) is 0 Å². The quantitative estimate of drug-likeness (QED) is 0.344. The second kappa shape index (κ2) is 13.3. The summed E-state index contributed by atoms with van der Waals surface area (Å²) in [4.78, 5) is 27.9. The van der Waals surface area contributed by atoms with Crippen molar-refractivity contribution in [2.75, 3.05) is 23.7 Å². The molecule has 0 saturated heterocycles. The largest absolute Gasteiger partial charge is 0.457 e. The third-order valence-electron chi connectivity index (χ3n) is 5.79. The van der Waals surface area contributed by atoms with Gasteiger partial charge < -0.3 is 15.0 Å². The SMILES string of the molecule is CCNC(=O)C(CC)N(Cc1ccc(Cl)cc1)C(=O)CN(c1ccc(Oc2ccccc2)cc1)S(C)(=O)=O. The lowest BCUT2D eigenvalue weighted by molar-refractivity contribution is -0.140. The molecule has 202 valence electrons. The van der Waals surface area contributed by atoms with Crippen LogP contribution in [0.5, 0.6) is 11.5 Å². The van der Waals surface area contributed by atoms with Gasteiger partial charge in [0.15, 0.2) is 0 Å². The molecule has 38 heavy (non-hydrogen) atoms. The number of carbonyl (C=O) groups is 2. The van der Waals surface area contributed by atoms with E-state index in [0.29, 0.717) is 35.2 Å². The molecule has 8 nitrogen and oxygen atoms in total. The van der Waals surface area contributed by atoms with Crippen LogP contribution < -0.4 is 14.4 Å². The molecular weight excluding hydrogens is 526 g/mol. The number of sulfonamides is 1. The molecule has 3 aromatic rings. The number of nitrogens with zero attached hydrogens (tertiary/aromatic N) is 2. The summed E-state index contributed by atoms with van der Waals surface area (Å²) in [6.07, 6.45) is 1.40. The number of rotatable bonds is 12. The monoisotopic (exact) mass is 557 g/mol. The summed E-state index contributed by atoms with van der Waals surface area (Å²) in [5.74, 6) is 0.356. The molecule has 0 bridgehead atoms. The van der Waals surface area contributed by atoms with Gasteiger partial charge in [0.25, 0.3) is 0 Å². The third kappa shape index (κ3) is 7.97. The van der Waals surface area contributed by atoms with E-state index in [2.05, 4.69) is 5.32 Å². The Morgan fingerprint density at radius 1 is 0.921 bits per heavy atom. The highest BCUT2D eigenvalue weighted by molar-refractivity contribution is 7.92. The Kier molecular flexibility index (Phi) is 10.2. The molecule has 0 aromatic heterocycles. The molecule has 0 aliphatic rings. The predicted molar refractivity (Wildman–Crippen MR) is 150 cm³/mol. The Morgan fingerprint density at radius 3 is 2.08 bits per heavy atom. The van der Waals surface area contributed by atoms with E-state index in [1.54, 1.807) is 55.5 Å². The van der Waals surface area contributed by atoms with E-state index < -0.39 is 28.5 Å². The maximum atomic E-state index is 13.7. The van der Waals surface area contributed by atoms with Crippen LogP contribution in [0.1, 0.15) is 25.8 Å². The summed E-state index contributed by atoms with van der Waals surface area (Å²) in [6.45, 7) is 3.66. The van der Waals surface area contributed by atoms with Crippen LogP contribution in [0.25, 0.3) is 0 Å². The fourth-order valence-corrected chi connectivity index (χ4v) is 4.89. The molecule has 1 atom stereocenters. The van der Waals surface area contributed by atoms with E-state index in [4.69, 9.17) is 16.3 Å². The number of carbonyl (C=O) groups excluding carboxylic acids is 2. The fraction of sp³-hybridized carbons (Fsp3) is 0.286. The average molecular weight is 558 g/mol. The molecule has 3 rings (SSSR count). The summed E-state index contributed by atoms with van der Waals surface area (Å²) in [5.41, 5.74) is 1.07. The second-order valence-electron chi connectivity index (χ2n) is 8.65. The first-order chi connectivity index (χ1) is 18.1. The van der Waals surface area contributed by atoms with Crippen LogP contribution in [-0.4, -0.2) is 50.5 Å². The van der Waals surface area contributed by atoms with Gasteiger partial charge in [-0.15, -0.1) is 0 Å². The van der Waals surface area contributed by atoms with Crippen molar-refractivity contribution in [2.45, 2.75) is 32.9 Å². The van der Waals surface area contributed by atoms with E-state index >= 15 is 0 Å². The number of hydrogen-bond acceptors (Lipinski definition) is 5. The van der Waals surface area contributed by atoms with Gasteiger partial charge >= 0.3 is 0 Å². The fourth-order valence-electron chi connectivity index (χ4n) is 3.92. The molecule has 0 aliphatic carbocycles. The first-order valence-corrected chi connectivity index (χ1v) is 14.5. The summed E-state index contributed by atoms with van der Waals surface area (Å²) in [6, 6.07) is 21.8. The van der Waals surface area contributed by atoms with E-state index in [9.17, 15) is 18.0 Å². The molecule has 3 aromatic carbocycles. The Bertz CT molecular complexity index is 1320. The third-order valence-corrected chi connectivity index (χ3v) is 7.18. The molecule has 10 heteroatoms. The van der Waals surface area contributed by atoms with Crippen LogP contribution >= 0.6 is 11.6 Å². The highest BCUT2D eigenvalue weighted by Crippen LogP contribution is 2.26. The smallest absolute Gasteiger partial charge is 0.244 e. The lowest BCUT2D eigenvalue weighted by Gasteiger charge is -2.32. The Morgan fingerprint density at radius 2 is 1.53 bits per heavy atom. The Labute approximate surface area is 229 Å². The maximum absolute atomic E-state index is 13.7. The Balaban J connectivity index is 1.88. The number of hydrogen-bond donors (Lipinski definition) is 1. The van der Waals surface area contributed by atoms with Crippen LogP contribution in [0.2, 0.25) is 5.02 Å². The lowest BCUT2D eigenvalue weighted by atomic mass is 10.1. The summed E-state index contributed by atoms with van der Waals surface area (Å²) in [7, 11) is -3.83. The minimum atomic E-state index is -3.83. The maximum Gasteiger partial charge on any atom is 0.244 e. The highest BCUT2D eigenvalue weighted by atomic mass is 35.5. The van der Waals surface area contributed by atoms with E-state index in [-0.39, 0.29) is 12.5 Å². The Hall–Kier alpha value is -3.56. The van der Waals surface area contributed by atoms with Gasteiger partial charge in [-0.05, 0) is 67.4 Å². The van der Waals surface area contributed by atoms with E-state index in [1.165, 1.54) is 4.90 Å². The minimum absolute atomic E-state index is 0.118. The number of nitrogens with one attached hydrogen (secondary N) is 1. The summed E-state index contributed by atoms with van der Waals surface area (Å²) >= 11 is 6.01. The zero-order valence-electron chi connectivity index (χ0n) is 21.6. The molecule has 0 aliphatic heterocycles. The molecule has 2 amide bonds. The van der Waals surface area contributed by atoms with Gasteiger partial charge in [-0.1, -0.05) is 48.9 Å². The zero-order chi connectivity index (χ0) is 27.7. The van der Waals surface area contributed by atoms with Gasteiger partial charge in [0, 0.05) is 18.1 Å². The molecule has 0 radical (unpaired) electrons. The highest BCUT2D eigenvalue weighted by Gasteiger charge is 2.31. The number of anilines is 1. The number of likely N-dealkylation sites (N-methyl/N-ethyl adjacent to an activating group) is 1. The van der Waals surface area contributed by atoms with E-state index in [0.717, 1.165) is 16.1 Å². The van der Waals surface area contributed by atoms with Gasteiger partial charge in [0.2, 0.25) is 21.8 Å². The van der Waals surface area contributed by atoms with Crippen LogP contribution in [0.15, 0.2) is 78.9 Å². The van der Waals surface area contributed by atoms with Gasteiger partial charge in [0.05, 0.1) is 11.9 Å². The second-order valence-corrected chi connectivity index (χ2v) is 11.0. The van der Waals surface area contributed by atoms with Crippen LogP contribution in [0.4, 0.5) is 5.69 Å². The van der Waals surface area contributed by atoms with Crippen molar-refractivity contribution in [3.8, 4) is 11.5 Å². The van der Waals surface area contributed by atoms with Gasteiger partial charge in [-0.3, -0.25) is 13.9 Å². The standard InChI is InChI=1S/C28H32ClN3O5S/c1-4-26(28(34)30-5-2)31(19-21-11-13-22(29)14-12-21)27(33)20-32(38(3,35)36)23-15-17-25(18-16-23)37-24-9-7-6-8-10-24/h6-18,26H,4-5,19-20H2,1-3H3,(H,30,34). The molecule has 1 unspecified atom stereocenters. The molecule has 0 spiro atoms. The van der Waals surface area contributed by atoms with Gasteiger partial charge in [-0.25, -0.2) is 8.42 Å². The summed E-state index contributed by atoms with van der Waals surface area (Å²) < 4.78 is 32.4. The average Bonchev–Trinajstić information content (AvgIpc) is 2.89. The topological polar surface area (TPSA) is 96.0 Å².